The molecule has 5 rings (SSSR count). The van der Waals surface area contributed by atoms with Gasteiger partial charge in [-0.15, -0.1) is 0 Å². The van der Waals surface area contributed by atoms with Crippen molar-refractivity contribution in [3.8, 4) is 0 Å². The van der Waals surface area contributed by atoms with Gasteiger partial charge in [-0.3, -0.25) is 9.59 Å². The van der Waals surface area contributed by atoms with Gasteiger partial charge in [0.15, 0.2) is 5.78 Å². The number of ketones is 1. The molecule has 190 valence electrons. The van der Waals surface area contributed by atoms with Gasteiger partial charge in [0.05, 0.1) is 0 Å². The van der Waals surface area contributed by atoms with E-state index in [0.717, 1.165) is 6.42 Å². The van der Waals surface area contributed by atoms with Crippen LogP contribution in [0.4, 0.5) is 0 Å². The molecule has 0 saturated heterocycles. The van der Waals surface area contributed by atoms with Crippen LogP contribution >= 0.6 is 0 Å². The molecule has 0 aliphatic heterocycles. The fourth-order valence-electron chi connectivity index (χ4n) is 11.3. The van der Waals surface area contributed by atoms with Crippen LogP contribution in [0.2, 0.25) is 0 Å². The molecular weight excluding hydrogens is 420 g/mol. The summed E-state index contributed by atoms with van der Waals surface area (Å²) in [5.41, 5.74) is 1.06. The van der Waals surface area contributed by atoms with Gasteiger partial charge in [0.1, 0.15) is 6.10 Å². The summed E-state index contributed by atoms with van der Waals surface area (Å²) in [6.07, 6.45) is 13.9. The zero-order valence-electron chi connectivity index (χ0n) is 23.0. The predicted octanol–water partition coefficient (Wildman–Crippen LogP) is 7.38. The molecule has 3 nitrogen and oxygen atoms in total. The normalized spacial score (nSPS) is 53.7. The van der Waals surface area contributed by atoms with Crippen molar-refractivity contribution in [3.05, 3.63) is 12.2 Å². The standard InChI is InChI=1S/C31H48O3/c1-19-22(33)11-14-28(5)17-18-30(7)21(26(19)28)9-10-24-29(6)15-13-25(34-20(2)32)27(3,4)23(29)12-16-31(24,30)8/h11,14,19,21,23-26H,9-10,12-13,15-18H2,1-8H3/t19-,21?,23+,24-,25+,26?,28-,29+,30-,31-/m1/s1. The highest BCUT2D eigenvalue weighted by Crippen LogP contribution is 2.76. The molecule has 0 heterocycles. The third-order valence-corrected chi connectivity index (χ3v) is 13.2. The largest absolute Gasteiger partial charge is 0.462 e. The van der Waals surface area contributed by atoms with Crippen LogP contribution in [0.5, 0.6) is 0 Å². The molecule has 0 bridgehead atoms. The summed E-state index contributed by atoms with van der Waals surface area (Å²) < 4.78 is 5.88. The SMILES string of the molecule is CC(=O)O[C@H]1CC[C@]2(C)[C@H]3CCC4C5[C@H](C)C(=O)C=C[C@]5(C)CC[C@@]4(C)[C@]3(C)CC[C@H]2C1(C)C. The Hall–Kier alpha value is -1.12. The smallest absolute Gasteiger partial charge is 0.302 e. The number of fused-ring (bicyclic) bond motifs is 7. The molecule has 0 aromatic rings. The lowest BCUT2D eigenvalue weighted by Crippen LogP contribution is -2.67. The first kappa shape index (κ1) is 24.6. The number of esters is 1. The first-order valence-corrected chi connectivity index (χ1v) is 14.1. The van der Waals surface area contributed by atoms with Crippen LogP contribution in [-0.4, -0.2) is 17.9 Å². The second kappa shape index (κ2) is 7.45. The van der Waals surface area contributed by atoms with Crippen molar-refractivity contribution in [3.63, 3.8) is 0 Å². The van der Waals surface area contributed by atoms with Gasteiger partial charge in [-0.05, 0) is 103 Å². The number of rotatable bonds is 1. The van der Waals surface area contributed by atoms with Crippen molar-refractivity contribution in [2.24, 2.45) is 56.7 Å². The number of carbonyl (C=O) groups is 2. The molecule has 5 aliphatic carbocycles. The van der Waals surface area contributed by atoms with Crippen molar-refractivity contribution >= 4 is 11.8 Å². The fourth-order valence-corrected chi connectivity index (χ4v) is 11.3. The van der Waals surface area contributed by atoms with E-state index in [1.54, 1.807) is 6.92 Å². The van der Waals surface area contributed by atoms with E-state index >= 15 is 0 Å². The zero-order valence-corrected chi connectivity index (χ0v) is 23.0. The Labute approximate surface area is 207 Å². The van der Waals surface area contributed by atoms with Crippen molar-refractivity contribution in [2.45, 2.75) is 113 Å². The Morgan fingerprint density at radius 2 is 1.59 bits per heavy atom. The molecule has 0 amide bonds. The van der Waals surface area contributed by atoms with Crippen molar-refractivity contribution < 1.29 is 14.3 Å². The Morgan fingerprint density at radius 3 is 2.26 bits per heavy atom. The first-order valence-electron chi connectivity index (χ1n) is 14.1. The van der Waals surface area contributed by atoms with Gasteiger partial charge in [0, 0.05) is 18.3 Å². The van der Waals surface area contributed by atoms with E-state index in [1.165, 1.54) is 44.9 Å². The predicted molar refractivity (Wildman–Crippen MR) is 136 cm³/mol. The topological polar surface area (TPSA) is 43.4 Å². The molecule has 0 aromatic carbocycles. The third kappa shape index (κ3) is 3.00. The Balaban J connectivity index is 1.51. The van der Waals surface area contributed by atoms with E-state index in [1.807, 2.05) is 6.08 Å². The van der Waals surface area contributed by atoms with Gasteiger partial charge in [-0.1, -0.05) is 54.5 Å². The zero-order chi connectivity index (χ0) is 24.9. The van der Waals surface area contributed by atoms with Gasteiger partial charge in [0.2, 0.25) is 0 Å². The van der Waals surface area contributed by atoms with E-state index in [2.05, 4.69) is 54.5 Å². The maximum absolute atomic E-state index is 12.8. The second-order valence-electron chi connectivity index (χ2n) is 14.7. The second-order valence-corrected chi connectivity index (χ2v) is 14.7. The highest BCUT2D eigenvalue weighted by molar-refractivity contribution is 5.93. The van der Waals surface area contributed by atoms with Crippen LogP contribution < -0.4 is 0 Å². The molecule has 2 unspecified atom stereocenters. The Bertz CT molecular complexity index is 918. The average Bonchev–Trinajstić information content (AvgIpc) is 2.74. The van der Waals surface area contributed by atoms with Gasteiger partial charge in [-0.2, -0.15) is 0 Å². The minimum atomic E-state index is -0.134. The Kier molecular flexibility index (Phi) is 5.38. The molecular formula is C31H48O3. The first-order chi connectivity index (χ1) is 15.7. The van der Waals surface area contributed by atoms with Crippen molar-refractivity contribution in [2.75, 3.05) is 0 Å². The highest BCUT2D eigenvalue weighted by Gasteiger charge is 2.70. The van der Waals surface area contributed by atoms with Gasteiger partial charge < -0.3 is 4.74 Å². The lowest BCUT2D eigenvalue weighted by molar-refractivity contribution is -0.249. The van der Waals surface area contributed by atoms with Gasteiger partial charge in [0.25, 0.3) is 0 Å². The molecule has 0 radical (unpaired) electrons. The molecule has 10 atom stereocenters. The van der Waals surface area contributed by atoms with E-state index in [9.17, 15) is 9.59 Å². The Morgan fingerprint density at radius 1 is 0.882 bits per heavy atom. The molecule has 4 saturated carbocycles. The molecule has 0 N–H and O–H groups in total. The molecule has 5 aliphatic rings. The lowest BCUT2D eigenvalue weighted by atomic mass is 9.31. The van der Waals surface area contributed by atoms with E-state index in [4.69, 9.17) is 4.74 Å². The van der Waals surface area contributed by atoms with Crippen LogP contribution in [-0.2, 0) is 14.3 Å². The minimum absolute atomic E-state index is 0.0119. The quantitative estimate of drug-likeness (QED) is 0.377. The lowest BCUT2D eigenvalue weighted by Gasteiger charge is -2.73. The van der Waals surface area contributed by atoms with Crippen molar-refractivity contribution in [1.82, 2.24) is 0 Å². The van der Waals surface area contributed by atoms with Gasteiger partial charge >= 0.3 is 5.97 Å². The monoisotopic (exact) mass is 468 g/mol. The number of carbonyl (C=O) groups excluding carboxylic acids is 2. The van der Waals surface area contributed by atoms with Crippen LogP contribution in [0.15, 0.2) is 12.2 Å². The number of ether oxygens (including phenoxy) is 1. The molecule has 0 spiro atoms. The van der Waals surface area contributed by atoms with Crippen LogP contribution in [0.25, 0.3) is 0 Å². The van der Waals surface area contributed by atoms with E-state index in [0.29, 0.717) is 34.9 Å². The van der Waals surface area contributed by atoms with Crippen LogP contribution in [0, 0.1) is 56.7 Å². The molecule has 0 aromatic heterocycles. The summed E-state index contributed by atoms with van der Waals surface area (Å²) in [6.45, 7) is 18.8. The maximum atomic E-state index is 12.8. The van der Waals surface area contributed by atoms with Gasteiger partial charge in [-0.25, -0.2) is 0 Å². The molecule has 34 heavy (non-hydrogen) atoms. The van der Waals surface area contributed by atoms with E-state index < -0.39 is 0 Å². The summed E-state index contributed by atoms with van der Waals surface area (Å²) in [5, 5.41) is 0. The summed E-state index contributed by atoms with van der Waals surface area (Å²) in [6, 6.07) is 0. The summed E-state index contributed by atoms with van der Waals surface area (Å²) in [4.78, 5) is 24.7. The summed E-state index contributed by atoms with van der Waals surface area (Å²) >= 11 is 0. The summed E-state index contributed by atoms with van der Waals surface area (Å²) in [5.74, 6) is 2.75. The van der Waals surface area contributed by atoms with Crippen molar-refractivity contribution in [1.29, 1.82) is 0 Å². The number of allylic oxidation sites excluding steroid dienone is 2. The third-order valence-electron chi connectivity index (χ3n) is 13.2. The fraction of sp³-hybridized carbons (Fsp3) is 0.871. The number of hydrogen-bond donors (Lipinski definition) is 0. The summed E-state index contributed by atoms with van der Waals surface area (Å²) in [7, 11) is 0. The van der Waals surface area contributed by atoms with Crippen LogP contribution in [0.3, 0.4) is 0 Å². The highest BCUT2D eigenvalue weighted by atomic mass is 16.5. The van der Waals surface area contributed by atoms with E-state index in [-0.39, 0.29) is 39.7 Å². The molecule has 3 heteroatoms. The van der Waals surface area contributed by atoms with Crippen LogP contribution in [0.1, 0.15) is 107 Å². The molecule has 4 fully saturated rings. The average molecular weight is 469 g/mol. The number of hydrogen-bond acceptors (Lipinski definition) is 3. The maximum Gasteiger partial charge on any atom is 0.302 e. The minimum Gasteiger partial charge on any atom is -0.462 e.